The van der Waals surface area contributed by atoms with E-state index in [9.17, 15) is 4.79 Å². The van der Waals surface area contributed by atoms with Gasteiger partial charge < -0.3 is 10.3 Å². The Balaban J connectivity index is 1.54. The number of hydrogen-bond donors (Lipinski definition) is 2. The predicted octanol–water partition coefficient (Wildman–Crippen LogP) is 3.14. The molecular weight excluding hydrogens is 294 g/mol. The number of nitrogens with one attached hydrogen (secondary N) is 2. The Morgan fingerprint density at radius 1 is 1.32 bits per heavy atom. The molecule has 2 N–H and O–H groups in total. The summed E-state index contributed by atoms with van der Waals surface area (Å²) in [5.41, 5.74) is 3.34. The molecule has 0 spiro atoms. The molecule has 4 nitrogen and oxygen atoms in total. The summed E-state index contributed by atoms with van der Waals surface area (Å²) in [5.74, 6) is 0.0617. The van der Waals surface area contributed by atoms with Crippen LogP contribution in [-0.2, 0) is 17.6 Å². The maximum absolute atomic E-state index is 12.0. The lowest BCUT2D eigenvalue weighted by atomic mass is 10.1. The monoisotopic (exact) mass is 313 g/mol. The second-order valence-electron chi connectivity index (χ2n) is 5.38. The number of H-pyrrole nitrogens is 1. The molecule has 0 aliphatic rings. The highest BCUT2D eigenvalue weighted by molar-refractivity contribution is 7.11. The minimum Gasteiger partial charge on any atom is -0.361 e. The molecule has 0 bridgehead atoms. The number of benzene rings is 1. The van der Waals surface area contributed by atoms with Gasteiger partial charge >= 0.3 is 0 Å². The van der Waals surface area contributed by atoms with Crippen LogP contribution in [-0.4, -0.2) is 22.4 Å². The Kier molecular flexibility index (Phi) is 4.24. The summed E-state index contributed by atoms with van der Waals surface area (Å²) in [6.45, 7) is 4.58. The fourth-order valence-electron chi connectivity index (χ4n) is 2.62. The standard InChI is InChI=1S/C17H19N3OS/c1-11-16(22-12(2)20-11)9-17(21)18-8-7-13-10-19-15-6-4-3-5-14(13)15/h3-6,10,19H,7-9H2,1-2H3,(H,18,21). The number of para-hydroxylation sites is 1. The van der Waals surface area contributed by atoms with Crippen LogP contribution in [0.25, 0.3) is 10.9 Å². The molecule has 0 aliphatic carbocycles. The predicted molar refractivity (Wildman–Crippen MR) is 90.3 cm³/mol. The third kappa shape index (κ3) is 3.20. The van der Waals surface area contributed by atoms with Gasteiger partial charge in [0.1, 0.15) is 0 Å². The van der Waals surface area contributed by atoms with Gasteiger partial charge in [0.05, 0.1) is 17.1 Å². The Morgan fingerprint density at radius 3 is 2.91 bits per heavy atom. The van der Waals surface area contributed by atoms with Crippen molar-refractivity contribution in [1.82, 2.24) is 15.3 Å². The molecule has 0 unspecified atom stereocenters. The van der Waals surface area contributed by atoms with Crippen LogP contribution in [0.15, 0.2) is 30.5 Å². The zero-order valence-electron chi connectivity index (χ0n) is 12.8. The number of aromatic nitrogens is 2. The topological polar surface area (TPSA) is 57.8 Å². The lowest BCUT2D eigenvalue weighted by Gasteiger charge is -2.04. The second-order valence-corrected chi connectivity index (χ2v) is 6.67. The molecule has 0 aliphatic heterocycles. The minimum absolute atomic E-state index is 0.0617. The summed E-state index contributed by atoms with van der Waals surface area (Å²) in [6.07, 6.45) is 3.27. The van der Waals surface area contributed by atoms with Crippen molar-refractivity contribution in [2.45, 2.75) is 26.7 Å². The van der Waals surface area contributed by atoms with Gasteiger partial charge in [0.2, 0.25) is 5.91 Å². The maximum Gasteiger partial charge on any atom is 0.225 e. The molecule has 2 heterocycles. The van der Waals surface area contributed by atoms with Crippen LogP contribution >= 0.6 is 11.3 Å². The summed E-state index contributed by atoms with van der Waals surface area (Å²) >= 11 is 1.60. The summed E-state index contributed by atoms with van der Waals surface area (Å²) in [6, 6.07) is 8.22. The molecule has 5 heteroatoms. The number of carbonyl (C=O) groups is 1. The average molecular weight is 313 g/mol. The molecule has 1 amide bonds. The number of rotatable bonds is 5. The third-order valence-electron chi connectivity index (χ3n) is 3.71. The Hall–Kier alpha value is -2.14. The summed E-state index contributed by atoms with van der Waals surface area (Å²) in [4.78, 5) is 20.7. The van der Waals surface area contributed by atoms with Crippen molar-refractivity contribution in [2.75, 3.05) is 6.54 Å². The van der Waals surface area contributed by atoms with Crippen molar-refractivity contribution >= 4 is 28.1 Å². The fourth-order valence-corrected chi connectivity index (χ4v) is 3.56. The summed E-state index contributed by atoms with van der Waals surface area (Å²) in [7, 11) is 0. The third-order valence-corrected chi connectivity index (χ3v) is 4.78. The Morgan fingerprint density at radius 2 is 2.14 bits per heavy atom. The van der Waals surface area contributed by atoms with Gasteiger partial charge in [0.15, 0.2) is 0 Å². The van der Waals surface area contributed by atoms with E-state index in [1.165, 1.54) is 10.9 Å². The van der Waals surface area contributed by atoms with E-state index >= 15 is 0 Å². The number of carbonyl (C=O) groups excluding carboxylic acids is 1. The molecule has 0 radical (unpaired) electrons. The van der Waals surface area contributed by atoms with Crippen molar-refractivity contribution in [1.29, 1.82) is 0 Å². The zero-order valence-corrected chi connectivity index (χ0v) is 13.6. The van der Waals surface area contributed by atoms with Gasteiger partial charge in [-0.05, 0) is 31.9 Å². The minimum atomic E-state index is 0.0617. The number of thiazole rings is 1. The van der Waals surface area contributed by atoms with Crippen LogP contribution < -0.4 is 5.32 Å². The Bertz CT molecular complexity index is 803. The van der Waals surface area contributed by atoms with Crippen molar-refractivity contribution in [3.63, 3.8) is 0 Å². The SMILES string of the molecule is Cc1nc(C)c(CC(=O)NCCc2c[nH]c3ccccc23)s1. The van der Waals surface area contributed by atoms with E-state index in [0.29, 0.717) is 13.0 Å². The highest BCUT2D eigenvalue weighted by Crippen LogP contribution is 2.18. The van der Waals surface area contributed by atoms with Crippen LogP contribution in [0, 0.1) is 13.8 Å². The highest BCUT2D eigenvalue weighted by atomic mass is 32.1. The molecule has 0 atom stereocenters. The number of hydrogen-bond acceptors (Lipinski definition) is 3. The van der Waals surface area contributed by atoms with Gasteiger partial charge in [-0.25, -0.2) is 4.98 Å². The molecule has 2 aromatic heterocycles. The molecule has 114 valence electrons. The van der Waals surface area contributed by atoms with Gasteiger partial charge in [-0.1, -0.05) is 18.2 Å². The molecule has 3 aromatic rings. The summed E-state index contributed by atoms with van der Waals surface area (Å²) < 4.78 is 0. The number of nitrogens with zero attached hydrogens (tertiary/aromatic N) is 1. The van der Waals surface area contributed by atoms with E-state index in [4.69, 9.17) is 0 Å². The normalized spacial score (nSPS) is 11.0. The largest absolute Gasteiger partial charge is 0.361 e. The maximum atomic E-state index is 12.0. The van der Waals surface area contributed by atoms with Crippen molar-refractivity contribution in [3.05, 3.63) is 51.6 Å². The van der Waals surface area contributed by atoms with E-state index in [2.05, 4.69) is 27.4 Å². The molecule has 0 saturated heterocycles. The first-order chi connectivity index (χ1) is 10.6. The number of amides is 1. The number of fused-ring (bicyclic) bond motifs is 1. The lowest BCUT2D eigenvalue weighted by molar-refractivity contribution is -0.120. The van der Waals surface area contributed by atoms with Crippen molar-refractivity contribution in [3.8, 4) is 0 Å². The van der Waals surface area contributed by atoms with Crippen LogP contribution in [0.2, 0.25) is 0 Å². The van der Waals surface area contributed by atoms with Crippen molar-refractivity contribution < 1.29 is 4.79 Å². The molecule has 1 aromatic carbocycles. The molecule has 0 fully saturated rings. The molecule has 0 saturated carbocycles. The van der Waals surface area contributed by atoms with Crippen LogP contribution in [0.4, 0.5) is 0 Å². The Labute approximate surface area is 133 Å². The van der Waals surface area contributed by atoms with Gasteiger partial charge in [0.25, 0.3) is 0 Å². The van der Waals surface area contributed by atoms with Gasteiger partial charge in [0, 0.05) is 28.5 Å². The lowest BCUT2D eigenvalue weighted by Crippen LogP contribution is -2.27. The van der Waals surface area contributed by atoms with Gasteiger partial charge in [-0.2, -0.15) is 0 Å². The van der Waals surface area contributed by atoms with Gasteiger partial charge in [-0.3, -0.25) is 4.79 Å². The van der Waals surface area contributed by atoms with E-state index in [1.54, 1.807) is 11.3 Å². The zero-order chi connectivity index (χ0) is 15.5. The molecule has 3 rings (SSSR count). The first kappa shape index (κ1) is 14.8. The second kappa shape index (κ2) is 6.32. The van der Waals surface area contributed by atoms with Gasteiger partial charge in [-0.15, -0.1) is 11.3 Å². The van der Waals surface area contributed by atoms with Crippen LogP contribution in [0.1, 0.15) is 21.1 Å². The van der Waals surface area contributed by atoms with E-state index in [-0.39, 0.29) is 5.91 Å². The smallest absolute Gasteiger partial charge is 0.225 e. The fraction of sp³-hybridized carbons (Fsp3) is 0.294. The average Bonchev–Trinajstić information content (AvgIpc) is 3.03. The molecular formula is C17H19N3OS. The number of aryl methyl sites for hydroxylation is 2. The first-order valence-corrected chi connectivity index (χ1v) is 8.19. The summed E-state index contributed by atoms with van der Waals surface area (Å²) in [5, 5.41) is 5.24. The molecule has 22 heavy (non-hydrogen) atoms. The van der Waals surface area contributed by atoms with E-state index in [1.807, 2.05) is 32.2 Å². The number of aromatic amines is 1. The van der Waals surface area contributed by atoms with Crippen molar-refractivity contribution in [2.24, 2.45) is 0 Å². The van der Waals surface area contributed by atoms with E-state index in [0.717, 1.165) is 27.5 Å². The van der Waals surface area contributed by atoms with Crippen LogP contribution in [0.3, 0.4) is 0 Å². The quantitative estimate of drug-likeness (QED) is 0.760. The van der Waals surface area contributed by atoms with E-state index < -0.39 is 0 Å². The highest BCUT2D eigenvalue weighted by Gasteiger charge is 2.10. The first-order valence-electron chi connectivity index (χ1n) is 7.38. The van der Waals surface area contributed by atoms with Crippen LogP contribution in [0.5, 0.6) is 0 Å².